The first-order valence-corrected chi connectivity index (χ1v) is 8.31. The number of carbonyl (C=O) groups is 1. The van der Waals surface area contributed by atoms with Crippen molar-refractivity contribution in [2.24, 2.45) is 10.6 Å². The number of thiophene rings is 1. The highest BCUT2D eigenvalue weighted by Gasteiger charge is 2.36. The van der Waals surface area contributed by atoms with Crippen molar-refractivity contribution in [2.45, 2.75) is 37.8 Å². The molecule has 0 aliphatic heterocycles. The largest absolute Gasteiger partial charge is 0.465 e. The lowest BCUT2D eigenvalue weighted by Gasteiger charge is -2.30. The van der Waals surface area contributed by atoms with Gasteiger partial charge in [0.15, 0.2) is 0 Å². The van der Waals surface area contributed by atoms with Gasteiger partial charge in [-0.05, 0) is 29.6 Å². The highest BCUT2D eigenvalue weighted by atomic mass is 32.2. The van der Waals surface area contributed by atoms with E-state index in [0.717, 1.165) is 27.5 Å². The van der Waals surface area contributed by atoms with Gasteiger partial charge in [0.25, 0.3) is 0 Å². The number of thioether (sulfide) groups is 1. The van der Waals surface area contributed by atoms with Gasteiger partial charge < -0.3 is 9.94 Å². The minimum Gasteiger partial charge on any atom is -0.465 e. The molecule has 0 atom stereocenters. The Kier molecular flexibility index (Phi) is 4.44. The summed E-state index contributed by atoms with van der Waals surface area (Å²) in [6.07, 6.45) is 1.51. The number of hydrogen-bond donors (Lipinski definition) is 1. The van der Waals surface area contributed by atoms with E-state index < -0.39 is 0 Å². The van der Waals surface area contributed by atoms with E-state index in [0.29, 0.717) is 17.0 Å². The quantitative estimate of drug-likeness (QED) is 0.399. The molecule has 1 N–H and O–H groups in total. The fourth-order valence-corrected chi connectivity index (χ4v) is 5.04. The molecule has 0 saturated heterocycles. The number of fused-ring (bicyclic) bond motifs is 1. The van der Waals surface area contributed by atoms with Gasteiger partial charge in [-0.3, -0.25) is 0 Å². The Balaban J connectivity index is 2.63. The number of esters is 1. The first-order valence-electron chi connectivity index (χ1n) is 6.51. The van der Waals surface area contributed by atoms with Crippen molar-refractivity contribution in [3.8, 4) is 0 Å². The van der Waals surface area contributed by atoms with Crippen LogP contribution in [0.3, 0.4) is 0 Å². The first-order chi connectivity index (χ1) is 9.43. The summed E-state index contributed by atoms with van der Waals surface area (Å²) in [7, 11) is 1.40. The highest BCUT2D eigenvalue weighted by molar-refractivity contribution is 8.01. The normalized spacial score (nSPS) is 18.9. The van der Waals surface area contributed by atoms with Crippen LogP contribution >= 0.6 is 23.1 Å². The minimum absolute atomic E-state index is 0.0213. The number of carbonyl (C=O) groups excluding carboxylic acids is 1. The first kappa shape index (κ1) is 15.4. The number of oxime groups is 1. The number of nitrogens with zero attached hydrogens (tertiary/aromatic N) is 1. The summed E-state index contributed by atoms with van der Waals surface area (Å²) in [5.74, 6) is 0.611. The number of rotatable bonds is 3. The Morgan fingerprint density at radius 1 is 1.50 bits per heavy atom. The molecule has 110 valence electrons. The van der Waals surface area contributed by atoms with Gasteiger partial charge in [-0.2, -0.15) is 0 Å². The van der Waals surface area contributed by atoms with Gasteiger partial charge in [-0.1, -0.05) is 25.9 Å². The van der Waals surface area contributed by atoms with Gasteiger partial charge in [-0.15, -0.1) is 23.1 Å². The topological polar surface area (TPSA) is 58.9 Å². The van der Waals surface area contributed by atoms with Crippen molar-refractivity contribution in [3.63, 3.8) is 0 Å². The SMILES string of the molecule is CCSc1sc(C(=O)OC)c2c1/C(=N\O)CC(C)(C)C2. The Labute approximate surface area is 127 Å². The second kappa shape index (κ2) is 5.77. The van der Waals surface area contributed by atoms with E-state index in [-0.39, 0.29) is 11.4 Å². The van der Waals surface area contributed by atoms with Gasteiger partial charge in [-0.25, -0.2) is 4.79 Å². The van der Waals surface area contributed by atoms with Crippen LogP contribution in [0.2, 0.25) is 0 Å². The Hall–Kier alpha value is -1.01. The molecule has 1 aliphatic carbocycles. The van der Waals surface area contributed by atoms with Crippen molar-refractivity contribution in [1.82, 2.24) is 0 Å². The fraction of sp³-hybridized carbons (Fsp3) is 0.571. The lowest BCUT2D eigenvalue weighted by atomic mass is 9.74. The third-order valence-electron chi connectivity index (χ3n) is 3.33. The maximum atomic E-state index is 12.0. The van der Waals surface area contributed by atoms with Crippen molar-refractivity contribution < 1.29 is 14.7 Å². The second-order valence-corrected chi connectivity index (χ2v) is 8.11. The number of ether oxygens (including phenoxy) is 1. The van der Waals surface area contributed by atoms with E-state index in [1.807, 2.05) is 0 Å². The van der Waals surface area contributed by atoms with Crippen LogP contribution in [0.4, 0.5) is 0 Å². The van der Waals surface area contributed by atoms with Gasteiger partial charge >= 0.3 is 5.97 Å². The molecule has 0 spiro atoms. The Morgan fingerprint density at radius 2 is 2.20 bits per heavy atom. The van der Waals surface area contributed by atoms with Gasteiger partial charge in [0.2, 0.25) is 0 Å². The molecule has 1 heterocycles. The van der Waals surface area contributed by atoms with Crippen LogP contribution in [0, 0.1) is 5.41 Å². The summed E-state index contributed by atoms with van der Waals surface area (Å²) in [6.45, 7) is 6.30. The fourth-order valence-electron chi connectivity index (χ4n) is 2.56. The molecule has 1 aromatic rings. The van der Waals surface area contributed by atoms with Crippen LogP contribution in [-0.2, 0) is 11.2 Å². The molecule has 6 heteroatoms. The molecule has 0 saturated carbocycles. The lowest BCUT2D eigenvalue weighted by Crippen LogP contribution is -2.28. The zero-order valence-corrected chi connectivity index (χ0v) is 13.8. The summed E-state index contributed by atoms with van der Waals surface area (Å²) < 4.78 is 5.94. The van der Waals surface area contributed by atoms with Crippen molar-refractivity contribution in [3.05, 3.63) is 16.0 Å². The molecule has 2 rings (SSSR count). The smallest absolute Gasteiger partial charge is 0.348 e. The maximum absolute atomic E-state index is 12.0. The third kappa shape index (κ3) is 2.72. The maximum Gasteiger partial charge on any atom is 0.348 e. The van der Waals surface area contributed by atoms with E-state index in [2.05, 4.69) is 25.9 Å². The molecular weight excluding hydrogens is 294 g/mol. The van der Waals surface area contributed by atoms with E-state index in [1.165, 1.54) is 18.4 Å². The molecule has 20 heavy (non-hydrogen) atoms. The second-order valence-electron chi connectivity index (χ2n) is 5.56. The van der Waals surface area contributed by atoms with Crippen LogP contribution < -0.4 is 0 Å². The molecule has 4 nitrogen and oxygen atoms in total. The molecule has 1 aliphatic rings. The monoisotopic (exact) mass is 313 g/mol. The van der Waals surface area contributed by atoms with Crippen molar-refractivity contribution in [1.29, 1.82) is 0 Å². The van der Waals surface area contributed by atoms with Crippen LogP contribution in [0.1, 0.15) is 48.0 Å². The zero-order valence-electron chi connectivity index (χ0n) is 12.1. The molecule has 0 unspecified atom stereocenters. The predicted octanol–water partition coefficient (Wildman–Crippen LogP) is 3.80. The minimum atomic E-state index is -0.302. The molecule has 0 amide bonds. The van der Waals surface area contributed by atoms with Crippen LogP contribution in [-0.4, -0.2) is 29.8 Å². The predicted molar refractivity (Wildman–Crippen MR) is 82.5 cm³/mol. The summed E-state index contributed by atoms with van der Waals surface area (Å²) in [5, 5.41) is 12.8. The molecular formula is C14H19NO3S2. The van der Waals surface area contributed by atoms with Gasteiger partial charge in [0.05, 0.1) is 17.0 Å². The summed E-state index contributed by atoms with van der Waals surface area (Å²) in [4.78, 5) is 12.6. The standard InChI is InChI=1S/C14H19NO3S2/c1-5-19-13-10-8(11(20-13)12(16)18-4)6-14(2,3)7-9(10)15-17/h17H,5-7H2,1-4H3/b15-9-. The summed E-state index contributed by atoms with van der Waals surface area (Å²) in [5.41, 5.74) is 2.58. The van der Waals surface area contributed by atoms with Gasteiger partial charge in [0.1, 0.15) is 4.88 Å². The van der Waals surface area contributed by atoms with E-state index in [9.17, 15) is 10.0 Å². The molecule has 0 bridgehead atoms. The third-order valence-corrected chi connectivity index (χ3v) is 5.70. The van der Waals surface area contributed by atoms with Crippen LogP contribution in [0.25, 0.3) is 0 Å². The average Bonchev–Trinajstić information content (AvgIpc) is 2.74. The number of methoxy groups -OCH3 is 1. The van der Waals surface area contributed by atoms with Crippen LogP contribution in [0.15, 0.2) is 9.36 Å². The molecule has 0 aromatic carbocycles. The summed E-state index contributed by atoms with van der Waals surface area (Å²) >= 11 is 3.13. The van der Waals surface area contributed by atoms with E-state index in [4.69, 9.17) is 4.74 Å². The zero-order chi connectivity index (χ0) is 14.9. The summed E-state index contributed by atoms with van der Waals surface area (Å²) in [6, 6.07) is 0. The van der Waals surface area contributed by atoms with Crippen molar-refractivity contribution in [2.75, 3.05) is 12.9 Å². The average molecular weight is 313 g/mol. The Morgan fingerprint density at radius 3 is 2.75 bits per heavy atom. The molecule has 0 fully saturated rings. The molecule has 0 radical (unpaired) electrons. The van der Waals surface area contributed by atoms with Crippen molar-refractivity contribution >= 4 is 34.8 Å². The van der Waals surface area contributed by atoms with Gasteiger partial charge in [0, 0.05) is 5.56 Å². The van der Waals surface area contributed by atoms with E-state index >= 15 is 0 Å². The van der Waals surface area contributed by atoms with Crippen LogP contribution in [0.5, 0.6) is 0 Å². The van der Waals surface area contributed by atoms with E-state index in [1.54, 1.807) is 11.8 Å². The lowest BCUT2D eigenvalue weighted by molar-refractivity contribution is 0.0604. The number of hydrogen-bond acceptors (Lipinski definition) is 6. The Bertz CT molecular complexity index is 561. The highest BCUT2D eigenvalue weighted by Crippen LogP contribution is 2.45. The molecule has 1 aromatic heterocycles.